The third-order valence-corrected chi connectivity index (χ3v) is 1.88. The lowest BCUT2D eigenvalue weighted by molar-refractivity contribution is 0.0660. The molecule has 0 aliphatic rings. The standard InChI is InChI=1S/C8H7NO4/c1-9-3-2-4-5(9)6(10)7(13-4)8(11)12/h2-3,10H,1H3,(H,11,12). The zero-order chi connectivity index (χ0) is 9.59. The van der Waals surface area contributed by atoms with E-state index in [0.717, 1.165) is 0 Å². The lowest BCUT2D eigenvalue weighted by Crippen LogP contribution is -1.93. The summed E-state index contributed by atoms with van der Waals surface area (Å²) in [5.74, 6) is -2.01. The second kappa shape index (κ2) is 2.29. The van der Waals surface area contributed by atoms with Gasteiger partial charge in [0.1, 0.15) is 5.52 Å². The van der Waals surface area contributed by atoms with Crippen LogP contribution in [0.1, 0.15) is 10.6 Å². The first-order valence-electron chi connectivity index (χ1n) is 3.61. The highest BCUT2D eigenvalue weighted by Crippen LogP contribution is 2.31. The normalized spacial score (nSPS) is 10.8. The van der Waals surface area contributed by atoms with Crippen LogP contribution in [0.2, 0.25) is 0 Å². The van der Waals surface area contributed by atoms with Crippen molar-refractivity contribution in [3.8, 4) is 5.75 Å². The maximum absolute atomic E-state index is 10.5. The van der Waals surface area contributed by atoms with Gasteiger partial charge in [-0.25, -0.2) is 4.79 Å². The van der Waals surface area contributed by atoms with Crippen molar-refractivity contribution in [1.29, 1.82) is 0 Å². The van der Waals surface area contributed by atoms with Crippen molar-refractivity contribution in [3.63, 3.8) is 0 Å². The Morgan fingerprint density at radius 1 is 1.62 bits per heavy atom. The van der Waals surface area contributed by atoms with Crippen LogP contribution in [-0.4, -0.2) is 20.7 Å². The van der Waals surface area contributed by atoms with E-state index in [2.05, 4.69) is 0 Å². The molecule has 0 aliphatic heterocycles. The van der Waals surface area contributed by atoms with Crippen molar-refractivity contribution in [2.24, 2.45) is 7.05 Å². The van der Waals surface area contributed by atoms with Crippen molar-refractivity contribution in [2.75, 3.05) is 0 Å². The average Bonchev–Trinajstić information content (AvgIpc) is 2.55. The monoisotopic (exact) mass is 181 g/mol. The predicted octanol–water partition coefficient (Wildman–Crippen LogP) is 1.18. The summed E-state index contributed by atoms with van der Waals surface area (Å²) in [6, 6.07) is 1.60. The Balaban J connectivity index is 2.82. The van der Waals surface area contributed by atoms with Crippen LogP contribution in [0.4, 0.5) is 0 Å². The minimum Gasteiger partial charge on any atom is -0.503 e. The number of rotatable bonds is 1. The van der Waals surface area contributed by atoms with Crippen LogP contribution in [0, 0.1) is 0 Å². The molecule has 2 N–H and O–H groups in total. The molecule has 5 nitrogen and oxygen atoms in total. The molecule has 0 aliphatic carbocycles. The lowest BCUT2D eigenvalue weighted by atomic mass is 10.4. The number of carbonyl (C=O) groups is 1. The van der Waals surface area contributed by atoms with Gasteiger partial charge in [-0.2, -0.15) is 0 Å². The van der Waals surface area contributed by atoms with Gasteiger partial charge in [0.2, 0.25) is 0 Å². The maximum Gasteiger partial charge on any atom is 0.375 e. The SMILES string of the molecule is Cn1ccc2oc(C(=O)O)c(O)c21. The molecule has 0 amide bonds. The quantitative estimate of drug-likeness (QED) is 0.692. The highest BCUT2D eigenvalue weighted by Gasteiger charge is 2.20. The van der Waals surface area contributed by atoms with E-state index in [4.69, 9.17) is 9.52 Å². The molecule has 2 aromatic rings. The number of furan rings is 1. The fourth-order valence-electron chi connectivity index (χ4n) is 1.28. The first-order chi connectivity index (χ1) is 6.11. The summed E-state index contributed by atoms with van der Waals surface area (Å²) < 4.78 is 6.51. The molecule has 2 rings (SSSR count). The fourth-order valence-corrected chi connectivity index (χ4v) is 1.28. The molecule has 5 heteroatoms. The number of hydrogen-bond acceptors (Lipinski definition) is 3. The number of fused-ring (bicyclic) bond motifs is 1. The largest absolute Gasteiger partial charge is 0.503 e. The van der Waals surface area contributed by atoms with Gasteiger partial charge in [-0.3, -0.25) is 0 Å². The number of carboxylic acid groups (broad SMARTS) is 1. The average molecular weight is 181 g/mol. The van der Waals surface area contributed by atoms with E-state index in [9.17, 15) is 9.90 Å². The molecular formula is C8H7NO4. The number of nitrogens with zero attached hydrogens (tertiary/aromatic N) is 1. The van der Waals surface area contributed by atoms with Crippen molar-refractivity contribution in [3.05, 3.63) is 18.0 Å². The van der Waals surface area contributed by atoms with Gasteiger partial charge in [-0.15, -0.1) is 0 Å². The topological polar surface area (TPSA) is 75.6 Å². The smallest absolute Gasteiger partial charge is 0.375 e. The Labute approximate surface area is 72.8 Å². The molecule has 0 fully saturated rings. The van der Waals surface area contributed by atoms with Crippen molar-refractivity contribution < 1.29 is 19.4 Å². The van der Waals surface area contributed by atoms with Gasteiger partial charge in [0.25, 0.3) is 5.76 Å². The molecule has 13 heavy (non-hydrogen) atoms. The van der Waals surface area contributed by atoms with E-state index in [1.165, 1.54) is 0 Å². The Morgan fingerprint density at radius 2 is 2.31 bits per heavy atom. The summed E-state index contributed by atoms with van der Waals surface area (Å²) in [6.07, 6.45) is 1.68. The minimum absolute atomic E-state index is 0.324. The van der Waals surface area contributed by atoms with Gasteiger partial charge in [-0.1, -0.05) is 0 Å². The molecule has 68 valence electrons. The number of aryl methyl sites for hydroxylation is 1. The van der Waals surface area contributed by atoms with E-state index in [0.29, 0.717) is 11.1 Å². The third-order valence-electron chi connectivity index (χ3n) is 1.88. The molecule has 0 unspecified atom stereocenters. The lowest BCUT2D eigenvalue weighted by Gasteiger charge is -1.91. The summed E-state index contributed by atoms with van der Waals surface area (Å²) in [4.78, 5) is 10.5. The number of aromatic carboxylic acids is 1. The van der Waals surface area contributed by atoms with Gasteiger partial charge in [0.15, 0.2) is 11.3 Å². The molecule has 0 saturated carbocycles. The van der Waals surface area contributed by atoms with E-state index < -0.39 is 11.7 Å². The zero-order valence-electron chi connectivity index (χ0n) is 6.81. The molecule has 0 aromatic carbocycles. The van der Waals surface area contributed by atoms with Crippen molar-refractivity contribution in [2.45, 2.75) is 0 Å². The molecule has 0 spiro atoms. The fraction of sp³-hybridized carbons (Fsp3) is 0.125. The first-order valence-corrected chi connectivity index (χ1v) is 3.61. The predicted molar refractivity (Wildman–Crippen MR) is 43.8 cm³/mol. The van der Waals surface area contributed by atoms with E-state index >= 15 is 0 Å². The Morgan fingerprint density at radius 3 is 2.85 bits per heavy atom. The van der Waals surface area contributed by atoms with Gasteiger partial charge < -0.3 is 19.2 Å². The van der Waals surface area contributed by atoms with Gasteiger partial charge in [0, 0.05) is 13.2 Å². The number of aromatic hydroxyl groups is 1. The minimum atomic E-state index is -1.27. The molecule has 0 bridgehead atoms. The summed E-state index contributed by atoms with van der Waals surface area (Å²) in [5, 5.41) is 18.0. The van der Waals surface area contributed by atoms with Crippen molar-refractivity contribution >= 4 is 17.1 Å². The second-order valence-electron chi connectivity index (χ2n) is 2.72. The van der Waals surface area contributed by atoms with Crippen molar-refractivity contribution in [1.82, 2.24) is 4.57 Å². The Bertz CT molecular complexity index is 480. The van der Waals surface area contributed by atoms with E-state index in [1.807, 2.05) is 0 Å². The van der Waals surface area contributed by atoms with Crippen LogP contribution >= 0.6 is 0 Å². The van der Waals surface area contributed by atoms with Crippen LogP contribution in [0.25, 0.3) is 11.1 Å². The Kier molecular flexibility index (Phi) is 1.36. The van der Waals surface area contributed by atoms with Gasteiger partial charge in [0.05, 0.1) is 0 Å². The van der Waals surface area contributed by atoms with Gasteiger partial charge in [-0.05, 0) is 6.07 Å². The molecular weight excluding hydrogens is 174 g/mol. The van der Waals surface area contributed by atoms with Crippen LogP contribution in [0.15, 0.2) is 16.7 Å². The highest BCUT2D eigenvalue weighted by atomic mass is 16.4. The van der Waals surface area contributed by atoms with Crippen LogP contribution < -0.4 is 0 Å². The summed E-state index contributed by atoms with van der Waals surface area (Å²) in [6.45, 7) is 0. The third kappa shape index (κ3) is 0.900. The highest BCUT2D eigenvalue weighted by molar-refractivity contribution is 5.96. The maximum atomic E-state index is 10.5. The molecule has 0 radical (unpaired) electrons. The molecule has 0 saturated heterocycles. The first kappa shape index (κ1) is 7.72. The van der Waals surface area contributed by atoms with Crippen LogP contribution in [0.5, 0.6) is 5.75 Å². The number of carboxylic acids is 1. The number of hydrogen-bond donors (Lipinski definition) is 2. The van der Waals surface area contributed by atoms with Gasteiger partial charge >= 0.3 is 5.97 Å². The van der Waals surface area contributed by atoms with E-state index in [-0.39, 0.29) is 5.75 Å². The summed E-state index contributed by atoms with van der Waals surface area (Å²) in [5.41, 5.74) is 0.773. The second-order valence-corrected chi connectivity index (χ2v) is 2.72. The molecule has 2 heterocycles. The molecule has 0 atom stereocenters. The van der Waals surface area contributed by atoms with E-state index in [1.54, 1.807) is 23.9 Å². The summed E-state index contributed by atoms with van der Waals surface area (Å²) >= 11 is 0. The van der Waals surface area contributed by atoms with Crippen LogP contribution in [-0.2, 0) is 7.05 Å². The Hall–Kier alpha value is -1.91. The zero-order valence-corrected chi connectivity index (χ0v) is 6.81. The van der Waals surface area contributed by atoms with Crippen LogP contribution in [0.3, 0.4) is 0 Å². The number of aromatic nitrogens is 1. The summed E-state index contributed by atoms with van der Waals surface area (Å²) in [7, 11) is 1.70. The molecule has 2 aromatic heterocycles.